The zero-order chi connectivity index (χ0) is 17.1. The molecule has 2 saturated heterocycles. The molecule has 6 heteroatoms. The average Bonchev–Trinajstić information content (AvgIpc) is 2.93. The first-order chi connectivity index (χ1) is 11.6. The molecule has 2 aliphatic rings. The lowest BCUT2D eigenvalue weighted by atomic mass is 9.98. The lowest BCUT2D eigenvalue weighted by molar-refractivity contribution is -0.140. The summed E-state index contributed by atoms with van der Waals surface area (Å²) in [6, 6.07) is 0.364. The lowest BCUT2D eigenvalue weighted by Crippen LogP contribution is -2.53. The molecule has 1 amide bonds. The number of nitrogens with zero attached hydrogens (tertiary/aromatic N) is 5. The molecule has 0 aromatic carbocycles. The minimum Gasteiger partial charge on any atom is -0.339 e. The third-order valence-corrected chi connectivity index (χ3v) is 5.37. The van der Waals surface area contributed by atoms with E-state index in [1.807, 2.05) is 18.5 Å². The van der Waals surface area contributed by atoms with Gasteiger partial charge in [-0.2, -0.15) is 5.10 Å². The van der Waals surface area contributed by atoms with Gasteiger partial charge in [0.2, 0.25) is 5.91 Å². The normalized spacial score (nSPS) is 25.9. The molecular formula is C18H31N5O. The first kappa shape index (κ1) is 17.4. The summed E-state index contributed by atoms with van der Waals surface area (Å²) >= 11 is 0. The summed E-state index contributed by atoms with van der Waals surface area (Å²) in [5.41, 5.74) is 0. The van der Waals surface area contributed by atoms with Crippen molar-refractivity contribution in [2.24, 2.45) is 0 Å². The van der Waals surface area contributed by atoms with E-state index < -0.39 is 0 Å². The van der Waals surface area contributed by atoms with E-state index in [2.05, 4.69) is 26.8 Å². The molecular weight excluding hydrogens is 302 g/mol. The van der Waals surface area contributed by atoms with Gasteiger partial charge in [-0.25, -0.2) is 9.67 Å². The summed E-state index contributed by atoms with van der Waals surface area (Å²) in [5.74, 6) is 2.11. The Hall–Kier alpha value is -1.43. The Kier molecular flexibility index (Phi) is 5.54. The fraction of sp³-hybridized carbons (Fsp3) is 0.833. The number of carbonyl (C=O) groups is 1. The van der Waals surface area contributed by atoms with Crippen molar-refractivity contribution in [1.29, 1.82) is 0 Å². The highest BCUT2D eigenvalue weighted by molar-refractivity contribution is 5.82. The second-order valence-electron chi connectivity index (χ2n) is 7.28. The number of piperidine rings is 2. The Bertz CT molecular complexity index is 568. The summed E-state index contributed by atoms with van der Waals surface area (Å²) in [4.78, 5) is 22.1. The maximum atomic E-state index is 13.1. The van der Waals surface area contributed by atoms with Crippen molar-refractivity contribution in [2.45, 2.75) is 71.4 Å². The maximum Gasteiger partial charge on any atom is 0.239 e. The number of carbonyl (C=O) groups excluding carboxylic acids is 1. The number of hydrogen-bond acceptors (Lipinski definition) is 4. The van der Waals surface area contributed by atoms with Gasteiger partial charge in [0.05, 0.1) is 12.1 Å². The monoisotopic (exact) mass is 333 g/mol. The van der Waals surface area contributed by atoms with E-state index >= 15 is 0 Å². The second kappa shape index (κ2) is 7.64. The van der Waals surface area contributed by atoms with E-state index in [1.165, 1.54) is 12.8 Å². The summed E-state index contributed by atoms with van der Waals surface area (Å²) in [5, 5.41) is 4.54. The predicted molar refractivity (Wildman–Crippen MR) is 93.9 cm³/mol. The lowest BCUT2D eigenvalue weighted by Gasteiger charge is -2.40. The van der Waals surface area contributed by atoms with Crippen LogP contribution in [0.1, 0.15) is 63.1 Å². The van der Waals surface area contributed by atoms with E-state index in [-0.39, 0.29) is 12.1 Å². The van der Waals surface area contributed by atoms with E-state index in [0.717, 1.165) is 63.5 Å². The molecule has 1 aromatic rings. The van der Waals surface area contributed by atoms with Crippen LogP contribution in [0.4, 0.5) is 0 Å². The Balaban J connectivity index is 1.69. The molecule has 6 nitrogen and oxygen atoms in total. The van der Waals surface area contributed by atoms with Crippen LogP contribution in [0.2, 0.25) is 0 Å². The van der Waals surface area contributed by atoms with Crippen LogP contribution >= 0.6 is 0 Å². The van der Waals surface area contributed by atoms with Gasteiger partial charge in [0.1, 0.15) is 11.6 Å². The first-order valence-corrected chi connectivity index (χ1v) is 9.52. The minimum absolute atomic E-state index is 0.0935. The molecule has 3 rings (SSSR count). The average molecular weight is 333 g/mol. The molecule has 0 N–H and O–H groups in total. The molecule has 2 atom stereocenters. The standard InChI is InChI=1S/C18H31N5O/c1-4-10-21-11-6-5-9-17(21)18(24)22-12-7-8-16(13-22)23-15(3)19-14(2)20-23/h16-17H,4-13H2,1-3H3/t16-,17-/m0/s1. The Labute approximate surface area is 145 Å². The predicted octanol–water partition coefficient (Wildman–Crippen LogP) is 2.32. The summed E-state index contributed by atoms with van der Waals surface area (Å²) in [6.45, 7) is 9.91. The van der Waals surface area contributed by atoms with Crippen molar-refractivity contribution in [3.05, 3.63) is 11.6 Å². The number of aryl methyl sites for hydroxylation is 2. The fourth-order valence-electron chi connectivity index (χ4n) is 4.27. The molecule has 1 aromatic heterocycles. The van der Waals surface area contributed by atoms with Gasteiger partial charge in [-0.3, -0.25) is 9.69 Å². The zero-order valence-electron chi connectivity index (χ0n) is 15.4. The second-order valence-corrected chi connectivity index (χ2v) is 7.28. The zero-order valence-corrected chi connectivity index (χ0v) is 15.4. The smallest absolute Gasteiger partial charge is 0.239 e. The number of rotatable bonds is 4. The molecule has 3 heterocycles. The quantitative estimate of drug-likeness (QED) is 0.848. The Morgan fingerprint density at radius 3 is 2.71 bits per heavy atom. The van der Waals surface area contributed by atoms with E-state index in [1.54, 1.807) is 0 Å². The van der Waals surface area contributed by atoms with Crippen molar-refractivity contribution in [3.8, 4) is 0 Å². The van der Waals surface area contributed by atoms with Gasteiger partial charge in [-0.1, -0.05) is 13.3 Å². The van der Waals surface area contributed by atoms with Gasteiger partial charge < -0.3 is 4.90 Å². The van der Waals surface area contributed by atoms with Crippen LogP contribution in [0.25, 0.3) is 0 Å². The number of aromatic nitrogens is 3. The summed E-state index contributed by atoms with van der Waals surface area (Å²) in [7, 11) is 0. The van der Waals surface area contributed by atoms with Crippen LogP contribution in [0.3, 0.4) is 0 Å². The third kappa shape index (κ3) is 3.63. The van der Waals surface area contributed by atoms with Gasteiger partial charge in [0.25, 0.3) is 0 Å². The van der Waals surface area contributed by atoms with Gasteiger partial charge >= 0.3 is 0 Å². The van der Waals surface area contributed by atoms with Crippen molar-refractivity contribution >= 4 is 5.91 Å². The highest BCUT2D eigenvalue weighted by atomic mass is 16.2. The van der Waals surface area contributed by atoms with Crippen molar-refractivity contribution in [3.63, 3.8) is 0 Å². The van der Waals surface area contributed by atoms with Crippen LogP contribution in [0, 0.1) is 13.8 Å². The summed E-state index contributed by atoms with van der Waals surface area (Å²) < 4.78 is 2.03. The fourth-order valence-corrected chi connectivity index (χ4v) is 4.27. The van der Waals surface area contributed by atoms with Gasteiger partial charge in [0.15, 0.2) is 0 Å². The molecule has 0 saturated carbocycles. The van der Waals surface area contributed by atoms with Crippen LogP contribution in [-0.2, 0) is 4.79 Å². The van der Waals surface area contributed by atoms with Crippen LogP contribution < -0.4 is 0 Å². The van der Waals surface area contributed by atoms with Crippen LogP contribution in [0.5, 0.6) is 0 Å². The molecule has 134 valence electrons. The third-order valence-electron chi connectivity index (χ3n) is 5.37. The van der Waals surface area contributed by atoms with E-state index in [4.69, 9.17) is 0 Å². The molecule has 2 aliphatic heterocycles. The van der Waals surface area contributed by atoms with Crippen molar-refractivity contribution in [2.75, 3.05) is 26.2 Å². The Morgan fingerprint density at radius 2 is 2.00 bits per heavy atom. The van der Waals surface area contributed by atoms with Gasteiger partial charge in [-0.15, -0.1) is 0 Å². The molecule has 2 fully saturated rings. The van der Waals surface area contributed by atoms with Crippen LogP contribution in [-0.4, -0.2) is 62.7 Å². The maximum absolute atomic E-state index is 13.1. The topological polar surface area (TPSA) is 54.3 Å². The van der Waals surface area contributed by atoms with Crippen molar-refractivity contribution < 1.29 is 4.79 Å². The highest BCUT2D eigenvalue weighted by Crippen LogP contribution is 2.25. The number of likely N-dealkylation sites (tertiary alicyclic amines) is 2. The largest absolute Gasteiger partial charge is 0.339 e. The highest BCUT2D eigenvalue weighted by Gasteiger charge is 2.34. The van der Waals surface area contributed by atoms with Gasteiger partial charge in [-0.05, 0) is 59.0 Å². The van der Waals surface area contributed by atoms with Gasteiger partial charge in [0, 0.05) is 13.1 Å². The Morgan fingerprint density at radius 1 is 1.17 bits per heavy atom. The molecule has 0 unspecified atom stereocenters. The molecule has 0 radical (unpaired) electrons. The summed E-state index contributed by atoms with van der Waals surface area (Å²) in [6.07, 6.45) is 6.66. The SMILES string of the molecule is CCCN1CCCC[C@H]1C(=O)N1CCC[C@H](n2nc(C)nc2C)C1. The molecule has 0 bridgehead atoms. The van der Waals surface area contributed by atoms with E-state index in [0.29, 0.717) is 5.91 Å². The van der Waals surface area contributed by atoms with Crippen molar-refractivity contribution in [1.82, 2.24) is 24.6 Å². The molecule has 24 heavy (non-hydrogen) atoms. The molecule has 0 spiro atoms. The minimum atomic E-state index is 0.0935. The number of amides is 1. The first-order valence-electron chi connectivity index (χ1n) is 9.52. The van der Waals surface area contributed by atoms with E-state index in [9.17, 15) is 4.79 Å². The molecule has 0 aliphatic carbocycles. The number of hydrogen-bond donors (Lipinski definition) is 0. The van der Waals surface area contributed by atoms with Crippen LogP contribution in [0.15, 0.2) is 0 Å².